The number of hydrogen-bond donors (Lipinski definition) is 2. The van der Waals surface area contributed by atoms with E-state index in [1.54, 1.807) is 27.7 Å². The molecule has 47 heavy (non-hydrogen) atoms. The molecule has 0 amide bonds. The number of carbonyl (C=O) groups is 1. The number of hydrogen-bond acceptors (Lipinski definition) is 8. The molecule has 0 spiro atoms. The molecule has 10 nitrogen and oxygen atoms in total. The smallest absolute Gasteiger partial charge is 0.307 e. The lowest BCUT2D eigenvalue weighted by molar-refractivity contribution is -0.136. The Labute approximate surface area is 275 Å². The van der Waals surface area contributed by atoms with E-state index in [1.807, 2.05) is 60.7 Å². The van der Waals surface area contributed by atoms with Crippen molar-refractivity contribution in [3.05, 3.63) is 64.7 Å². The van der Waals surface area contributed by atoms with Crippen molar-refractivity contribution in [2.24, 2.45) is 14.1 Å². The number of ether oxygens (including phenoxy) is 1. The summed E-state index contributed by atoms with van der Waals surface area (Å²) in [6, 6.07) is 9.48. The fraction of sp³-hybridized carbons (Fsp3) is 0.343. The molecule has 12 heteroatoms. The number of aromatic nitrogens is 6. The molecule has 7 rings (SSSR count). The summed E-state index contributed by atoms with van der Waals surface area (Å²) < 4.78 is 29.5. The molecular weight excluding hydrogens is 619 g/mol. The van der Waals surface area contributed by atoms with Crippen LogP contribution in [0.1, 0.15) is 49.6 Å². The highest BCUT2D eigenvalue weighted by molar-refractivity contribution is 7.09. The number of aryl methyl sites for hydroxylation is 3. The van der Waals surface area contributed by atoms with Gasteiger partial charge in [-0.1, -0.05) is 0 Å². The van der Waals surface area contributed by atoms with Crippen LogP contribution in [-0.2, 0) is 31.7 Å². The third-order valence-electron chi connectivity index (χ3n) is 8.16. The number of halogens is 1. The van der Waals surface area contributed by atoms with Crippen LogP contribution in [0.25, 0.3) is 55.2 Å². The predicted molar refractivity (Wildman–Crippen MR) is 181 cm³/mol. The van der Waals surface area contributed by atoms with Gasteiger partial charge in [-0.15, -0.1) is 0 Å². The second-order valence-electron chi connectivity index (χ2n) is 12.9. The van der Waals surface area contributed by atoms with E-state index in [4.69, 9.17) is 19.8 Å². The Bertz CT molecular complexity index is 2170. The summed E-state index contributed by atoms with van der Waals surface area (Å²) in [5, 5.41) is 25.2. The lowest BCUT2D eigenvalue weighted by Crippen LogP contribution is -2.13. The fourth-order valence-corrected chi connectivity index (χ4v) is 6.70. The molecule has 5 heterocycles. The SMILES string of the molecule is CC(C)(C)O.Cc1nc2c(cc(-c3nsc(-c4ccc5c(cnn5C)c4)n3)n2C)c(-c2cc(F)c3c(c2C)CCCO3)c1CC(=O)O. The second-order valence-corrected chi connectivity index (χ2v) is 13.6. The second kappa shape index (κ2) is 12.2. The van der Waals surface area contributed by atoms with E-state index in [2.05, 4.69) is 9.47 Å². The monoisotopic (exact) mass is 656 g/mol. The van der Waals surface area contributed by atoms with Crippen LogP contribution in [0.4, 0.5) is 4.39 Å². The molecular formula is C35H37FN6O4S. The molecule has 1 aliphatic rings. The number of carboxylic acid groups (broad SMARTS) is 1. The number of nitrogens with zero attached hydrogens (tertiary/aromatic N) is 6. The van der Waals surface area contributed by atoms with Gasteiger partial charge in [0.15, 0.2) is 17.4 Å². The average molecular weight is 657 g/mol. The van der Waals surface area contributed by atoms with Crippen molar-refractivity contribution >= 4 is 39.4 Å². The Morgan fingerprint density at radius 2 is 1.87 bits per heavy atom. The Morgan fingerprint density at radius 1 is 1.13 bits per heavy atom. The minimum atomic E-state index is -0.979. The van der Waals surface area contributed by atoms with Gasteiger partial charge in [0.05, 0.1) is 36.0 Å². The van der Waals surface area contributed by atoms with Crippen molar-refractivity contribution < 1.29 is 24.1 Å². The molecule has 6 aromatic rings. The Hall–Kier alpha value is -4.68. The summed E-state index contributed by atoms with van der Waals surface area (Å²) >= 11 is 1.30. The molecule has 1 aliphatic heterocycles. The minimum Gasteiger partial charge on any atom is -0.490 e. The van der Waals surface area contributed by atoms with Gasteiger partial charge in [-0.3, -0.25) is 9.48 Å². The maximum atomic E-state index is 15.4. The number of benzene rings is 2. The first-order valence-electron chi connectivity index (χ1n) is 15.4. The van der Waals surface area contributed by atoms with Crippen molar-refractivity contribution in [1.82, 2.24) is 28.7 Å². The van der Waals surface area contributed by atoms with E-state index in [1.165, 1.54) is 17.6 Å². The topological polar surface area (TPSA) is 128 Å². The van der Waals surface area contributed by atoms with Gasteiger partial charge in [0.1, 0.15) is 10.7 Å². The first-order chi connectivity index (χ1) is 22.2. The van der Waals surface area contributed by atoms with E-state index in [-0.39, 0.29) is 6.42 Å². The standard InChI is InChI=1S/C31H27FN6O3S.C4H10O/c1-15-19-6-5-9-41-28(19)23(32)11-20(15)27-21(13-26(39)40)16(2)34-30-22(27)12-25(37(30)3)29-35-31(42-36-29)17-7-8-24-18(10-17)14-33-38(24)4;1-4(2,3)5/h7-8,10-12,14H,5-6,9,13H2,1-4H3,(H,39,40);5H,1-3H3. The molecule has 0 saturated heterocycles. The van der Waals surface area contributed by atoms with Crippen molar-refractivity contribution in [3.8, 4) is 39.0 Å². The molecule has 0 fully saturated rings. The Kier molecular flexibility index (Phi) is 8.35. The number of rotatable bonds is 5. The molecule has 2 N–H and O–H groups in total. The Morgan fingerprint density at radius 3 is 2.60 bits per heavy atom. The first kappa shape index (κ1) is 32.3. The van der Waals surface area contributed by atoms with Crippen LogP contribution >= 0.6 is 11.5 Å². The van der Waals surface area contributed by atoms with E-state index in [0.717, 1.165) is 50.1 Å². The normalized spacial score (nSPS) is 13.0. The lowest BCUT2D eigenvalue weighted by atomic mass is 9.87. The summed E-state index contributed by atoms with van der Waals surface area (Å²) in [7, 11) is 3.80. The summed E-state index contributed by atoms with van der Waals surface area (Å²) in [5.74, 6) is -0.595. The van der Waals surface area contributed by atoms with Crippen molar-refractivity contribution in [2.75, 3.05) is 6.61 Å². The maximum Gasteiger partial charge on any atom is 0.307 e. The molecule has 0 bridgehead atoms. The van der Waals surface area contributed by atoms with E-state index < -0.39 is 17.4 Å². The van der Waals surface area contributed by atoms with Crippen LogP contribution in [0.15, 0.2) is 36.5 Å². The highest BCUT2D eigenvalue weighted by atomic mass is 32.1. The highest BCUT2D eigenvalue weighted by Crippen LogP contribution is 2.43. The zero-order valence-corrected chi connectivity index (χ0v) is 28.3. The van der Waals surface area contributed by atoms with Crippen LogP contribution in [-0.4, -0.2) is 57.1 Å². The number of carboxylic acids is 1. The van der Waals surface area contributed by atoms with Crippen molar-refractivity contribution in [2.45, 2.75) is 59.5 Å². The highest BCUT2D eigenvalue weighted by Gasteiger charge is 2.27. The van der Waals surface area contributed by atoms with Crippen molar-refractivity contribution in [3.63, 3.8) is 0 Å². The molecule has 0 saturated carbocycles. The zero-order valence-electron chi connectivity index (χ0n) is 27.5. The van der Waals surface area contributed by atoms with Crippen molar-refractivity contribution in [1.29, 1.82) is 0 Å². The first-order valence-corrected chi connectivity index (χ1v) is 16.1. The van der Waals surface area contributed by atoms with Gasteiger partial charge in [0.25, 0.3) is 0 Å². The van der Waals surface area contributed by atoms with Gasteiger partial charge in [-0.25, -0.2) is 14.4 Å². The van der Waals surface area contributed by atoms with Gasteiger partial charge >= 0.3 is 5.97 Å². The summed E-state index contributed by atoms with van der Waals surface area (Å²) in [6.07, 6.45) is 3.08. The third kappa shape index (κ3) is 6.22. The maximum absolute atomic E-state index is 15.4. The van der Waals surface area contributed by atoms with E-state index in [9.17, 15) is 9.90 Å². The zero-order chi connectivity index (χ0) is 33.8. The van der Waals surface area contributed by atoms with Gasteiger partial charge in [0, 0.05) is 41.7 Å². The van der Waals surface area contributed by atoms with Crippen LogP contribution in [0.5, 0.6) is 5.75 Å². The van der Waals surface area contributed by atoms with Crippen LogP contribution in [0.2, 0.25) is 0 Å². The summed E-state index contributed by atoms with van der Waals surface area (Å²) in [6.45, 7) is 9.46. The molecule has 0 atom stereocenters. The molecule has 0 aliphatic carbocycles. The number of aliphatic hydroxyl groups is 1. The summed E-state index contributed by atoms with van der Waals surface area (Å²) in [5.41, 5.74) is 7.02. The molecule has 244 valence electrons. The number of aliphatic carboxylic acids is 1. The van der Waals surface area contributed by atoms with Gasteiger partial charge < -0.3 is 19.5 Å². The average Bonchev–Trinajstić information content (AvgIpc) is 3.72. The van der Waals surface area contributed by atoms with Gasteiger partial charge in [-0.2, -0.15) is 9.47 Å². The fourth-order valence-electron chi connectivity index (χ4n) is 6.03. The molecule has 0 unspecified atom stereocenters. The van der Waals surface area contributed by atoms with Gasteiger partial charge in [0.2, 0.25) is 0 Å². The lowest BCUT2D eigenvalue weighted by Gasteiger charge is -2.23. The quantitative estimate of drug-likeness (QED) is 0.208. The Balaban J connectivity index is 0.000000720. The van der Waals surface area contributed by atoms with Crippen LogP contribution in [0, 0.1) is 19.7 Å². The van der Waals surface area contributed by atoms with E-state index in [0.29, 0.717) is 52.6 Å². The van der Waals surface area contributed by atoms with E-state index >= 15 is 4.39 Å². The minimum absolute atomic E-state index is 0.237. The molecule has 2 aromatic carbocycles. The molecule has 4 aromatic heterocycles. The third-order valence-corrected chi connectivity index (χ3v) is 8.93. The molecule has 0 radical (unpaired) electrons. The summed E-state index contributed by atoms with van der Waals surface area (Å²) in [4.78, 5) is 21.7. The largest absolute Gasteiger partial charge is 0.490 e. The number of pyridine rings is 1. The number of fused-ring (bicyclic) bond motifs is 3. The van der Waals surface area contributed by atoms with Crippen LogP contribution < -0.4 is 4.74 Å². The van der Waals surface area contributed by atoms with Crippen LogP contribution in [0.3, 0.4) is 0 Å². The van der Waals surface area contributed by atoms with Gasteiger partial charge in [-0.05, 0) is 112 Å². The predicted octanol–water partition coefficient (Wildman–Crippen LogP) is 6.80.